The third kappa shape index (κ3) is 3.47. The Morgan fingerprint density at radius 3 is 3.08 bits per heavy atom. The number of aromatic nitrogens is 1. The van der Waals surface area contributed by atoms with Crippen molar-refractivity contribution >= 4 is 17.2 Å². The zero-order chi connectivity index (χ0) is 17.1. The van der Waals surface area contributed by atoms with Crippen LogP contribution in [0.1, 0.15) is 10.4 Å². The van der Waals surface area contributed by atoms with Crippen LogP contribution in [0.3, 0.4) is 0 Å². The van der Waals surface area contributed by atoms with Crippen LogP contribution >= 0.6 is 11.3 Å². The molecular weight excluding hydrogens is 334 g/mol. The molecule has 0 unspecified atom stereocenters. The second-order valence-electron chi connectivity index (χ2n) is 6.98. The van der Waals surface area contributed by atoms with Crippen molar-refractivity contribution in [1.29, 1.82) is 0 Å². The number of fused-ring (bicyclic) bond motifs is 1. The summed E-state index contributed by atoms with van der Waals surface area (Å²) in [4.78, 5) is 20.7. The lowest BCUT2D eigenvalue weighted by Crippen LogP contribution is -2.47. The zero-order valence-electron chi connectivity index (χ0n) is 14.2. The van der Waals surface area contributed by atoms with E-state index in [0.717, 1.165) is 26.1 Å². The number of likely N-dealkylation sites (tertiary alicyclic amines) is 1. The normalized spacial score (nSPS) is 25.8. The van der Waals surface area contributed by atoms with E-state index >= 15 is 0 Å². The van der Waals surface area contributed by atoms with Crippen molar-refractivity contribution in [2.24, 2.45) is 11.3 Å². The lowest BCUT2D eigenvalue weighted by Gasteiger charge is -2.26. The maximum absolute atomic E-state index is 13.0. The molecule has 2 aromatic heterocycles. The molecule has 0 spiro atoms. The van der Waals surface area contributed by atoms with Gasteiger partial charge in [0.15, 0.2) is 0 Å². The number of pyridine rings is 1. The maximum Gasteiger partial charge on any atom is 0.230 e. The molecule has 2 aromatic rings. The number of ether oxygens (including phenoxy) is 1. The summed E-state index contributed by atoms with van der Waals surface area (Å²) >= 11 is 1.74. The molecule has 2 saturated heterocycles. The molecule has 0 radical (unpaired) electrons. The van der Waals surface area contributed by atoms with Gasteiger partial charge in [0.2, 0.25) is 5.91 Å². The fraction of sp³-hybridized carbons (Fsp3) is 0.474. The van der Waals surface area contributed by atoms with Gasteiger partial charge in [0.1, 0.15) is 0 Å². The van der Waals surface area contributed by atoms with Crippen molar-refractivity contribution in [2.45, 2.75) is 13.0 Å². The van der Waals surface area contributed by atoms with Crippen molar-refractivity contribution in [1.82, 2.24) is 15.2 Å². The lowest BCUT2D eigenvalue weighted by atomic mass is 9.80. The standard InChI is InChI=1S/C19H23N3O2S/c23-18(21-8-5-17-2-1-9-25-17)19-13-22(11-16(19)12-24-14-19)10-15-3-6-20-7-4-15/h1-4,6-7,9,16H,5,8,10-14H2,(H,21,23)/t16-,19-/m1/s1. The number of rotatable bonds is 6. The molecule has 0 aromatic carbocycles. The summed E-state index contributed by atoms with van der Waals surface area (Å²) in [5.74, 6) is 0.444. The van der Waals surface area contributed by atoms with Crippen LogP contribution in [0.2, 0.25) is 0 Å². The number of nitrogens with one attached hydrogen (secondary N) is 1. The Kier molecular flexibility index (Phi) is 4.83. The predicted octanol–water partition coefficient (Wildman–Crippen LogP) is 1.95. The highest BCUT2D eigenvalue weighted by Crippen LogP contribution is 2.42. The Hall–Kier alpha value is -1.76. The van der Waals surface area contributed by atoms with Crippen LogP contribution in [0.5, 0.6) is 0 Å². The van der Waals surface area contributed by atoms with E-state index < -0.39 is 0 Å². The SMILES string of the molecule is O=C(NCCc1cccs1)[C@]12COC[C@H]1CN(Cc1ccncc1)C2. The minimum absolute atomic E-state index is 0.156. The average molecular weight is 357 g/mol. The van der Waals surface area contributed by atoms with Crippen LogP contribution in [-0.4, -0.2) is 48.6 Å². The monoisotopic (exact) mass is 357 g/mol. The first-order valence-corrected chi connectivity index (χ1v) is 9.64. The van der Waals surface area contributed by atoms with Crippen LogP contribution in [0, 0.1) is 11.3 Å². The molecule has 1 N–H and O–H groups in total. The van der Waals surface area contributed by atoms with Crippen molar-refractivity contribution < 1.29 is 9.53 Å². The van der Waals surface area contributed by atoms with Crippen LogP contribution in [-0.2, 0) is 22.5 Å². The summed E-state index contributed by atoms with van der Waals surface area (Å²) in [5, 5.41) is 5.23. The number of hydrogen-bond donors (Lipinski definition) is 1. The van der Waals surface area contributed by atoms with Gasteiger partial charge in [0.25, 0.3) is 0 Å². The second kappa shape index (κ2) is 7.23. The summed E-state index contributed by atoms with van der Waals surface area (Å²) in [5.41, 5.74) is 0.854. The number of carbonyl (C=O) groups excluding carboxylic acids is 1. The molecule has 0 bridgehead atoms. The Balaban J connectivity index is 1.37. The molecule has 4 heterocycles. The number of hydrogen-bond acceptors (Lipinski definition) is 5. The van der Waals surface area contributed by atoms with Crippen molar-refractivity contribution in [2.75, 3.05) is 32.8 Å². The Labute approximate surface area is 152 Å². The zero-order valence-corrected chi connectivity index (χ0v) is 15.0. The van der Waals surface area contributed by atoms with E-state index in [0.29, 0.717) is 19.8 Å². The fourth-order valence-electron chi connectivity index (χ4n) is 3.96. The molecular formula is C19H23N3O2S. The molecule has 1 amide bonds. The van der Waals surface area contributed by atoms with Gasteiger partial charge in [-0.25, -0.2) is 0 Å². The minimum Gasteiger partial charge on any atom is -0.380 e. The van der Waals surface area contributed by atoms with Gasteiger partial charge in [0.05, 0.1) is 18.6 Å². The first kappa shape index (κ1) is 16.7. The molecule has 2 fully saturated rings. The van der Waals surface area contributed by atoms with Gasteiger partial charge >= 0.3 is 0 Å². The van der Waals surface area contributed by atoms with Crippen molar-refractivity contribution in [3.05, 3.63) is 52.5 Å². The van der Waals surface area contributed by atoms with Gasteiger partial charge in [0, 0.05) is 49.4 Å². The largest absolute Gasteiger partial charge is 0.380 e. The predicted molar refractivity (Wildman–Crippen MR) is 97.3 cm³/mol. The third-order valence-corrected chi connectivity index (χ3v) is 6.23. The molecule has 4 rings (SSSR count). The topological polar surface area (TPSA) is 54.5 Å². The van der Waals surface area contributed by atoms with Gasteiger partial charge in [-0.15, -0.1) is 11.3 Å². The summed E-state index contributed by atoms with van der Waals surface area (Å²) in [6.45, 7) is 4.47. The molecule has 2 aliphatic heterocycles. The first-order valence-electron chi connectivity index (χ1n) is 8.76. The molecule has 2 aliphatic rings. The number of carbonyl (C=O) groups is 1. The maximum atomic E-state index is 13.0. The van der Waals surface area contributed by atoms with E-state index in [1.54, 1.807) is 11.3 Å². The van der Waals surface area contributed by atoms with E-state index in [-0.39, 0.29) is 17.2 Å². The Morgan fingerprint density at radius 2 is 2.28 bits per heavy atom. The number of thiophene rings is 1. The highest BCUT2D eigenvalue weighted by molar-refractivity contribution is 7.09. The highest BCUT2D eigenvalue weighted by Gasteiger charge is 2.55. The van der Waals surface area contributed by atoms with E-state index in [1.807, 2.05) is 24.5 Å². The smallest absolute Gasteiger partial charge is 0.230 e. The van der Waals surface area contributed by atoms with E-state index in [9.17, 15) is 4.79 Å². The van der Waals surface area contributed by atoms with Crippen LogP contribution in [0.4, 0.5) is 0 Å². The highest BCUT2D eigenvalue weighted by atomic mass is 32.1. The quantitative estimate of drug-likeness (QED) is 0.859. The molecule has 6 heteroatoms. The van der Waals surface area contributed by atoms with Gasteiger partial charge in [-0.3, -0.25) is 14.7 Å². The summed E-state index contributed by atoms with van der Waals surface area (Å²) in [6, 6.07) is 8.24. The molecule has 2 atom stereocenters. The van der Waals surface area contributed by atoms with Gasteiger partial charge < -0.3 is 10.1 Å². The molecule has 0 saturated carbocycles. The number of nitrogens with zero attached hydrogens (tertiary/aromatic N) is 2. The Bertz CT molecular complexity index is 707. The fourth-order valence-corrected chi connectivity index (χ4v) is 4.67. The van der Waals surface area contributed by atoms with Crippen LogP contribution in [0.15, 0.2) is 42.0 Å². The van der Waals surface area contributed by atoms with Crippen molar-refractivity contribution in [3.63, 3.8) is 0 Å². The lowest BCUT2D eigenvalue weighted by molar-refractivity contribution is -0.131. The van der Waals surface area contributed by atoms with E-state index in [4.69, 9.17) is 4.74 Å². The number of amides is 1. The van der Waals surface area contributed by atoms with Crippen molar-refractivity contribution in [3.8, 4) is 0 Å². The van der Waals surface area contributed by atoms with E-state index in [1.165, 1.54) is 10.4 Å². The Morgan fingerprint density at radius 1 is 1.40 bits per heavy atom. The minimum atomic E-state index is -0.386. The third-order valence-electron chi connectivity index (χ3n) is 5.29. The molecule has 0 aliphatic carbocycles. The van der Waals surface area contributed by atoms with Crippen LogP contribution in [0.25, 0.3) is 0 Å². The molecule has 132 valence electrons. The molecule has 25 heavy (non-hydrogen) atoms. The van der Waals surface area contributed by atoms with Crippen LogP contribution < -0.4 is 5.32 Å². The second-order valence-corrected chi connectivity index (χ2v) is 8.01. The average Bonchev–Trinajstić information content (AvgIpc) is 3.32. The van der Waals surface area contributed by atoms with E-state index in [2.05, 4.69) is 32.7 Å². The molecule has 5 nitrogen and oxygen atoms in total. The van der Waals surface area contributed by atoms with Gasteiger partial charge in [-0.1, -0.05) is 6.07 Å². The first-order chi connectivity index (χ1) is 12.3. The summed E-state index contributed by atoms with van der Waals surface area (Å²) in [7, 11) is 0. The van der Waals surface area contributed by atoms with Gasteiger partial charge in [-0.2, -0.15) is 0 Å². The van der Waals surface area contributed by atoms with Gasteiger partial charge in [-0.05, 0) is 35.6 Å². The summed E-state index contributed by atoms with van der Waals surface area (Å²) in [6.07, 6.45) is 4.54. The summed E-state index contributed by atoms with van der Waals surface area (Å²) < 4.78 is 5.69.